The topological polar surface area (TPSA) is 92.7 Å². The molecular weight excluding hydrogens is 471 g/mol. The Morgan fingerprint density at radius 3 is 2.63 bits per heavy atom. The van der Waals surface area contributed by atoms with Crippen molar-refractivity contribution in [1.82, 2.24) is 18.9 Å². The maximum absolute atomic E-state index is 13.4. The number of aromatic nitrogens is 2. The van der Waals surface area contributed by atoms with Crippen LogP contribution < -0.4 is 0 Å². The summed E-state index contributed by atoms with van der Waals surface area (Å²) in [4.78, 5) is 44.9. The van der Waals surface area contributed by atoms with Gasteiger partial charge in [-0.3, -0.25) is 14.4 Å². The molecule has 0 unspecified atom stereocenters. The van der Waals surface area contributed by atoms with Crippen LogP contribution in [0.5, 0.6) is 0 Å². The molecule has 8 nitrogen and oxygen atoms in total. The van der Waals surface area contributed by atoms with E-state index in [9.17, 15) is 18.8 Å². The summed E-state index contributed by atoms with van der Waals surface area (Å²) in [5.41, 5.74) is 3.56. The van der Waals surface area contributed by atoms with Crippen LogP contribution in [0.15, 0.2) is 66.7 Å². The third kappa shape index (κ3) is 4.79. The van der Waals surface area contributed by atoms with Gasteiger partial charge in [-0.05, 0) is 53.6 Å². The van der Waals surface area contributed by atoms with Gasteiger partial charge in [0.25, 0.3) is 5.91 Å². The highest BCUT2D eigenvalue weighted by Crippen LogP contribution is 2.23. The van der Waals surface area contributed by atoms with Gasteiger partial charge in [-0.25, -0.2) is 14.2 Å². The standard InChI is InChI=1S/C25H19FN4O4S/c26-19-8-6-17(7-9-19)23(31)11-12-29(30-25(33)20-4-2-1-3-18(20)15-34-30)24(32)14-16-5-10-21-22(13-16)28-35-27-21/h1-10,13H,11-12,14-15H2. The molecular formula is C25H19FN4O4S. The molecule has 0 saturated heterocycles. The van der Waals surface area contributed by atoms with Gasteiger partial charge in [0.05, 0.1) is 24.7 Å². The van der Waals surface area contributed by atoms with Crippen LogP contribution >= 0.6 is 11.7 Å². The molecule has 2 amide bonds. The fraction of sp³-hybridized carbons (Fsp3) is 0.160. The van der Waals surface area contributed by atoms with E-state index in [2.05, 4.69) is 8.75 Å². The van der Waals surface area contributed by atoms with E-state index in [1.807, 2.05) is 0 Å². The number of ketones is 1. The third-order valence-electron chi connectivity index (χ3n) is 5.66. The Morgan fingerprint density at radius 2 is 1.80 bits per heavy atom. The molecule has 4 aromatic rings. The van der Waals surface area contributed by atoms with E-state index in [-0.39, 0.29) is 31.8 Å². The minimum atomic E-state index is -0.492. The zero-order valence-electron chi connectivity index (χ0n) is 18.4. The summed E-state index contributed by atoms with van der Waals surface area (Å²) in [6, 6.07) is 17.5. The van der Waals surface area contributed by atoms with Crippen molar-refractivity contribution in [3.63, 3.8) is 0 Å². The zero-order valence-corrected chi connectivity index (χ0v) is 19.2. The summed E-state index contributed by atoms with van der Waals surface area (Å²) in [5, 5.41) is 2.09. The second-order valence-electron chi connectivity index (χ2n) is 7.97. The van der Waals surface area contributed by atoms with Crippen molar-refractivity contribution < 1.29 is 23.6 Å². The first-order chi connectivity index (χ1) is 17.0. The second-order valence-corrected chi connectivity index (χ2v) is 8.50. The van der Waals surface area contributed by atoms with Crippen molar-refractivity contribution in [2.75, 3.05) is 6.54 Å². The normalized spacial score (nSPS) is 13.1. The number of hydrogen-bond acceptors (Lipinski definition) is 7. The van der Waals surface area contributed by atoms with Crippen LogP contribution in [0, 0.1) is 5.82 Å². The smallest absolute Gasteiger partial charge is 0.294 e. The van der Waals surface area contributed by atoms with Gasteiger partial charge < -0.3 is 0 Å². The Labute approximate surface area is 203 Å². The van der Waals surface area contributed by atoms with Gasteiger partial charge in [-0.15, -0.1) is 5.17 Å². The number of Topliss-reactive ketones (excluding diaryl/α,β-unsaturated/α-hetero) is 1. The molecule has 1 aliphatic rings. The van der Waals surface area contributed by atoms with Gasteiger partial charge in [-0.2, -0.15) is 8.75 Å². The van der Waals surface area contributed by atoms with Crippen LogP contribution in [-0.2, 0) is 22.7 Å². The first-order valence-corrected chi connectivity index (χ1v) is 11.6. The van der Waals surface area contributed by atoms with Crippen molar-refractivity contribution in [2.24, 2.45) is 0 Å². The lowest BCUT2D eigenvalue weighted by Crippen LogP contribution is -2.52. The maximum Gasteiger partial charge on any atom is 0.297 e. The maximum atomic E-state index is 13.4. The summed E-state index contributed by atoms with van der Waals surface area (Å²) in [6.07, 6.45) is -0.117. The number of carbonyl (C=O) groups excluding carboxylic acids is 3. The number of benzene rings is 3. The molecule has 1 aliphatic heterocycles. The van der Waals surface area contributed by atoms with Crippen molar-refractivity contribution in [1.29, 1.82) is 0 Å². The van der Waals surface area contributed by atoms with Crippen LogP contribution in [0.1, 0.15) is 38.3 Å². The number of carbonyl (C=O) groups is 3. The molecule has 0 atom stereocenters. The van der Waals surface area contributed by atoms with Crippen LogP contribution in [0.2, 0.25) is 0 Å². The summed E-state index contributed by atoms with van der Waals surface area (Å²) in [6.45, 7) is 0.0114. The molecule has 35 heavy (non-hydrogen) atoms. The fourth-order valence-electron chi connectivity index (χ4n) is 3.83. The number of hydrazine groups is 1. The van der Waals surface area contributed by atoms with E-state index in [0.29, 0.717) is 27.8 Å². The van der Waals surface area contributed by atoms with Crippen molar-refractivity contribution >= 4 is 40.4 Å². The average Bonchev–Trinajstić information content (AvgIpc) is 3.34. The third-order valence-corrected chi connectivity index (χ3v) is 6.22. The lowest BCUT2D eigenvalue weighted by molar-refractivity contribution is -0.250. The summed E-state index contributed by atoms with van der Waals surface area (Å²) in [5.74, 6) is -1.65. The highest BCUT2D eigenvalue weighted by molar-refractivity contribution is 7.00. The van der Waals surface area contributed by atoms with Gasteiger partial charge >= 0.3 is 0 Å². The lowest BCUT2D eigenvalue weighted by Gasteiger charge is -2.36. The SMILES string of the molecule is O=C(CCN(C(=O)Cc1ccc2nsnc2c1)N1OCc2ccccc2C1=O)c1ccc(F)cc1. The van der Waals surface area contributed by atoms with E-state index >= 15 is 0 Å². The first kappa shape index (κ1) is 22.8. The highest BCUT2D eigenvalue weighted by atomic mass is 32.1. The van der Waals surface area contributed by atoms with Crippen molar-refractivity contribution in [2.45, 2.75) is 19.4 Å². The van der Waals surface area contributed by atoms with Crippen LogP contribution in [0.4, 0.5) is 4.39 Å². The van der Waals surface area contributed by atoms with Crippen LogP contribution in [-0.4, -0.2) is 43.1 Å². The molecule has 1 aromatic heterocycles. The van der Waals surface area contributed by atoms with E-state index in [1.165, 1.54) is 24.3 Å². The summed E-state index contributed by atoms with van der Waals surface area (Å²) < 4.78 is 21.6. The molecule has 0 aliphatic carbocycles. The molecule has 0 saturated carbocycles. The molecule has 0 bridgehead atoms. The molecule has 5 rings (SSSR count). The number of fused-ring (bicyclic) bond motifs is 2. The van der Waals surface area contributed by atoms with Gasteiger partial charge in [-0.1, -0.05) is 24.3 Å². The number of rotatable bonds is 7. The Morgan fingerprint density at radius 1 is 1.03 bits per heavy atom. The number of nitrogens with zero attached hydrogens (tertiary/aromatic N) is 4. The molecule has 0 spiro atoms. The highest BCUT2D eigenvalue weighted by Gasteiger charge is 2.33. The van der Waals surface area contributed by atoms with E-state index < -0.39 is 17.6 Å². The Hall–Kier alpha value is -4.02. The number of amides is 2. The Kier molecular flexibility index (Phi) is 6.30. The van der Waals surface area contributed by atoms with Crippen LogP contribution in [0.25, 0.3) is 11.0 Å². The number of hydroxylamine groups is 1. The predicted molar refractivity (Wildman–Crippen MR) is 126 cm³/mol. The Bertz CT molecular complexity index is 1420. The summed E-state index contributed by atoms with van der Waals surface area (Å²) >= 11 is 1.08. The predicted octanol–water partition coefficient (Wildman–Crippen LogP) is 3.98. The largest absolute Gasteiger partial charge is 0.297 e. The molecule has 2 heterocycles. The molecule has 0 fully saturated rings. The molecule has 10 heteroatoms. The average molecular weight is 491 g/mol. The minimum Gasteiger partial charge on any atom is -0.294 e. The van der Waals surface area contributed by atoms with Gasteiger partial charge in [0.15, 0.2) is 5.78 Å². The lowest BCUT2D eigenvalue weighted by atomic mass is 10.1. The van der Waals surface area contributed by atoms with E-state index in [4.69, 9.17) is 4.84 Å². The zero-order chi connectivity index (χ0) is 24.4. The summed E-state index contributed by atoms with van der Waals surface area (Å²) in [7, 11) is 0. The molecule has 0 radical (unpaired) electrons. The molecule has 176 valence electrons. The minimum absolute atomic E-state index is 0.0347. The van der Waals surface area contributed by atoms with E-state index in [0.717, 1.165) is 27.4 Å². The number of hydrogen-bond donors (Lipinski definition) is 0. The van der Waals surface area contributed by atoms with Gasteiger partial charge in [0, 0.05) is 17.5 Å². The number of halogens is 1. The van der Waals surface area contributed by atoms with Crippen LogP contribution in [0.3, 0.4) is 0 Å². The fourth-order valence-corrected chi connectivity index (χ4v) is 4.35. The van der Waals surface area contributed by atoms with Gasteiger partial charge in [0.2, 0.25) is 5.91 Å². The van der Waals surface area contributed by atoms with Gasteiger partial charge in [0.1, 0.15) is 23.5 Å². The molecule has 3 aromatic carbocycles. The first-order valence-electron chi connectivity index (χ1n) is 10.8. The monoisotopic (exact) mass is 490 g/mol. The van der Waals surface area contributed by atoms with E-state index in [1.54, 1.807) is 42.5 Å². The van der Waals surface area contributed by atoms with Crippen molar-refractivity contribution in [3.8, 4) is 0 Å². The Balaban J connectivity index is 1.39. The molecule has 0 N–H and O–H groups in total. The van der Waals surface area contributed by atoms with Crippen molar-refractivity contribution in [3.05, 3.63) is 94.8 Å². The second kappa shape index (κ2) is 9.69. The quantitative estimate of drug-likeness (QED) is 0.364.